The van der Waals surface area contributed by atoms with Crippen LogP contribution in [0.5, 0.6) is 0 Å². The number of amides is 1. The number of pyridine rings is 1. The van der Waals surface area contributed by atoms with E-state index >= 15 is 0 Å². The lowest BCUT2D eigenvalue weighted by Gasteiger charge is -2.08. The molecule has 0 aliphatic carbocycles. The Labute approximate surface area is 120 Å². The Bertz CT molecular complexity index is 650. The number of carbonyl (C=O) groups excluding carboxylic acids is 1. The number of thiazole rings is 1. The molecule has 0 saturated carbocycles. The summed E-state index contributed by atoms with van der Waals surface area (Å²) in [5.74, 6) is -0.375. The normalized spacial score (nSPS) is 12.1. The summed E-state index contributed by atoms with van der Waals surface area (Å²) < 4.78 is 0. The van der Waals surface area contributed by atoms with Crippen molar-refractivity contribution in [1.82, 2.24) is 15.3 Å². The van der Waals surface area contributed by atoms with Gasteiger partial charge in [0.1, 0.15) is 5.69 Å². The molecular weight excluding hydrogens is 276 g/mol. The van der Waals surface area contributed by atoms with Crippen LogP contribution in [0.2, 0.25) is 0 Å². The van der Waals surface area contributed by atoms with Gasteiger partial charge in [0.15, 0.2) is 5.13 Å². The van der Waals surface area contributed by atoms with Gasteiger partial charge in [-0.1, -0.05) is 13.0 Å². The third kappa shape index (κ3) is 3.52. The summed E-state index contributed by atoms with van der Waals surface area (Å²) in [5.41, 5.74) is 0.793. The van der Waals surface area contributed by atoms with Gasteiger partial charge in [-0.05, 0) is 19.5 Å². The Morgan fingerprint density at radius 2 is 2.30 bits per heavy atom. The van der Waals surface area contributed by atoms with Crippen molar-refractivity contribution in [2.75, 3.05) is 11.9 Å². The van der Waals surface area contributed by atoms with Gasteiger partial charge in [-0.15, -0.1) is 11.3 Å². The first-order valence-electron chi connectivity index (χ1n) is 6.29. The van der Waals surface area contributed by atoms with Crippen LogP contribution in [0.15, 0.2) is 28.4 Å². The zero-order valence-corrected chi connectivity index (χ0v) is 12.1. The summed E-state index contributed by atoms with van der Waals surface area (Å²) in [5, 5.41) is 8.34. The molecule has 0 bridgehead atoms. The number of aromatic nitrogens is 2. The van der Waals surface area contributed by atoms with Crippen LogP contribution in [0.3, 0.4) is 0 Å². The molecule has 0 aliphatic rings. The molecule has 1 atom stereocenters. The summed E-state index contributed by atoms with van der Waals surface area (Å²) >= 11 is 1.36. The number of hydrogen-bond acceptors (Lipinski definition) is 5. The van der Waals surface area contributed by atoms with E-state index in [0.29, 0.717) is 5.13 Å². The molecule has 0 fully saturated rings. The smallest absolute Gasteiger partial charge is 0.273 e. The third-order valence-electron chi connectivity index (χ3n) is 2.71. The van der Waals surface area contributed by atoms with Gasteiger partial charge < -0.3 is 10.3 Å². The van der Waals surface area contributed by atoms with E-state index < -0.39 is 0 Å². The Balaban J connectivity index is 2.07. The summed E-state index contributed by atoms with van der Waals surface area (Å²) in [7, 11) is 0. The van der Waals surface area contributed by atoms with Crippen molar-refractivity contribution in [3.63, 3.8) is 0 Å². The standard InChI is InChI=1S/C13H16N4O2S/c1-3-14-8(2)10-7-20-13(16-10)17-12(19)9-5-4-6-11(18)15-9/h4-8,14H,3H2,1-2H3,(H,15,18)(H,16,17,19). The Kier molecular flexibility index (Phi) is 4.65. The molecule has 2 heterocycles. The van der Waals surface area contributed by atoms with E-state index in [1.807, 2.05) is 19.2 Å². The number of carbonyl (C=O) groups is 1. The first kappa shape index (κ1) is 14.4. The molecule has 20 heavy (non-hydrogen) atoms. The average Bonchev–Trinajstić information content (AvgIpc) is 2.87. The van der Waals surface area contributed by atoms with E-state index in [1.54, 1.807) is 6.07 Å². The summed E-state index contributed by atoms with van der Waals surface area (Å²) in [6, 6.07) is 4.58. The second-order valence-electron chi connectivity index (χ2n) is 4.24. The van der Waals surface area contributed by atoms with E-state index in [-0.39, 0.29) is 23.2 Å². The Morgan fingerprint density at radius 1 is 1.50 bits per heavy atom. The van der Waals surface area contributed by atoms with E-state index in [2.05, 4.69) is 20.6 Å². The van der Waals surface area contributed by atoms with Crippen LogP contribution < -0.4 is 16.2 Å². The zero-order valence-electron chi connectivity index (χ0n) is 11.3. The molecule has 2 aromatic rings. The van der Waals surface area contributed by atoms with Crippen LogP contribution in [0, 0.1) is 0 Å². The highest BCUT2D eigenvalue weighted by Crippen LogP contribution is 2.20. The maximum Gasteiger partial charge on any atom is 0.273 e. The van der Waals surface area contributed by atoms with Crippen molar-refractivity contribution in [2.24, 2.45) is 0 Å². The minimum Gasteiger partial charge on any atom is -0.318 e. The van der Waals surface area contributed by atoms with Crippen LogP contribution in [0.25, 0.3) is 0 Å². The topological polar surface area (TPSA) is 86.9 Å². The van der Waals surface area contributed by atoms with E-state index in [0.717, 1.165) is 12.2 Å². The molecule has 0 saturated heterocycles. The minimum atomic E-state index is -0.375. The molecular formula is C13H16N4O2S. The molecule has 6 nitrogen and oxygen atoms in total. The predicted molar refractivity (Wildman–Crippen MR) is 79.2 cm³/mol. The van der Waals surface area contributed by atoms with Gasteiger partial charge in [-0.3, -0.25) is 14.9 Å². The van der Waals surface area contributed by atoms with Gasteiger partial charge in [0.05, 0.1) is 5.69 Å². The fourth-order valence-electron chi connectivity index (χ4n) is 1.70. The lowest BCUT2D eigenvalue weighted by Crippen LogP contribution is -2.19. The molecule has 0 aromatic carbocycles. The average molecular weight is 292 g/mol. The number of nitrogens with zero attached hydrogens (tertiary/aromatic N) is 1. The van der Waals surface area contributed by atoms with Crippen LogP contribution >= 0.6 is 11.3 Å². The van der Waals surface area contributed by atoms with Crippen LogP contribution in [-0.2, 0) is 0 Å². The van der Waals surface area contributed by atoms with Gasteiger partial charge in [-0.2, -0.15) is 0 Å². The minimum absolute atomic E-state index is 0.137. The van der Waals surface area contributed by atoms with Crippen LogP contribution in [0.4, 0.5) is 5.13 Å². The van der Waals surface area contributed by atoms with E-state index in [1.165, 1.54) is 23.5 Å². The highest BCUT2D eigenvalue weighted by Gasteiger charge is 2.12. The van der Waals surface area contributed by atoms with Crippen molar-refractivity contribution in [2.45, 2.75) is 19.9 Å². The van der Waals surface area contributed by atoms with Crippen molar-refractivity contribution >= 4 is 22.4 Å². The molecule has 1 amide bonds. The Morgan fingerprint density at radius 3 is 3.00 bits per heavy atom. The molecule has 0 spiro atoms. The molecule has 0 radical (unpaired) electrons. The summed E-state index contributed by atoms with van der Waals surface area (Å²) in [6.07, 6.45) is 0. The van der Waals surface area contributed by atoms with Crippen LogP contribution in [-0.4, -0.2) is 22.4 Å². The lowest BCUT2D eigenvalue weighted by molar-refractivity contribution is 0.102. The lowest BCUT2D eigenvalue weighted by atomic mass is 10.3. The quantitative estimate of drug-likeness (QED) is 0.783. The second kappa shape index (κ2) is 6.44. The van der Waals surface area contributed by atoms with Crippen molar-refractivity contribution in [1.29, 1.82) is 0 Å². The van der Waals surface area contributed by atoms with Gasteiger partial charge in [0, 0.05) is 17.5 Å². The van der Waals surface area contributed by atoms with Crippen molar-refractivity contribution < 1.29 is 4.79 Å². The maximum absolute atomic E-state index is 11.9. The van der Waals surface area contributed by atoms with Crippen molar-refractivity contribution in [3.05, 3.63) is 45.3 Å². The highest BCUT2D eigenvalue weighted by molar-refractivity contribution is 7.14. The SMILES string of the molecule is CCNC(C)c1csc(NC(=O)c2cccc(=O)[nH]2)n1. The number of hydrogen-bond donors (Lipinski definition) is 3. The summed E-state index contributed by atoms with van der Waals surface area (Å²) in [6.45, 7) is 4.89. The second-order valence-corrected chi connectivity index (χ2v) is 5.10. The van der Waals surface area contributed by atoms with Crippen molar-refractivity contribution in [3.8, 4) is 0 Å². The molecule has 2 aromatic heterocycles. The number of anilines is 1. The first-order valence-corrected chi connectivity index (χ1v) is 7.17. The predicted octanol–water partition coefficient (Wildman–Crippen LogP) is 1.75. The van der Waals surface area contributed by atoms with Gasteiger partial charge in [0.2, 0.25) is 5.56 Å². The maximum atomic E-state index is 11.9. The van der Waals surface area contributed by atoms with Gasteiger partial charge >= 0.3 is 0 Å². The largest absolute Gasteiger partial charge is 0.318 e. The molecule has 3 N–H and O–H groups in total. The zero-order chi connectivity index (χ0) is 14.5. The number of H-pyrrole nitrogens is 1. The number of rotatable bonds is 5. The fourth-order valence-corrected chi connectivity index (χ4v) is 2.50. The molecule has 1 unspecified atom stereocenters. The molecule has 2 rings (SSSR count). The van der Waals surface area contributed by atoms with E-state index in [4.69, 9.17) is 0 Å². The van der Waals surface area contributed by atoms with Gasteiger partial charge in [0.25, 0.3) is 5.91 Å². The van der Waals surface area contributed by atoms with E-state index in [9.17, 15) is 9.59 Å². The number of aromatic amines is 1. The summed E-state index contributed by atoms with van der Waals surface area (Å²) in [4.78, 5) is 29.9. The van der Waals surface area contributed by atoms with Crippen LogP contribution in [0.1, 0.15) is 36.1 Å². The number of nitrogens with one attached hydrogen (secondary N) is 3. The Hall–Kier alpha value is -1.99. The highest BCUT2D eigenvalue weighted by atomic mass is 32.1. The molecule has 7 heteroatoms. The third-order valence-corrected chi connectivity index (χ3v) is 3.49. The fraction of sp³-hybridized carbons (Fsp3) is 0.308. The van der Waals surface area contributed by atoms with Gasteiger partial charge in [-0.25, -0.2) is 4.98 Å². The first-order chi connectivity index (χ1) is 9.60. The molecule has 106 valence electrons. The molecule has 0 aliphatic heterocycles. The monoisotopic (exact) mass is 292 g/mol.